The quantitative estimate of drug-likeness (QED) is 0.670. The number of carbonyl (C=O) groups is 1. The Morgan fingerprint density at radius 2 is 1.95 bits per heavy atom. The first-order chi connectivity index (χ1) is 9.56. The SMILES string of the molecule is CCN1CCN(c2cc(C)c(C(=O)OC)cc2N)CC1. The molecule has 0 spiro atoms. The fourth-order valence-electron chi connectivity index (χ4n) is 2.62. The summed E-state index contributed by atoms with van der Waals surface area (Å²) in [6.45, 7) is 9.21. The van der Waals surface area contributed by atoms with Crippen molar-refractivity contribution in [3.63, 3.8) is 0 Å². The lowest BCUT2D eigenvalue weighted by Gasteiger charge is -2.36. The van der Waals surface area contributed by atoms with Crippen molar-refractivity contribution in [2.24, 2.45) is 0 Å². The molecule has 0 bridgehead atoms. The normalized spacial score (nSPS) is 16.2. The number of hydrogen-bond acceptors (Lipinski definition) is 5. The second-order valence-corrected chi connectivity index (χ2v) is 5.14. The van der Waals surface area contributed by atoms with Gasteiger partial charge in [0.25, 0.3) is 0 Å². The molecule has 1 aliphatic rings. The summed E-state index contributed by atoms with van der Waals surface area (Å²) in [6, 6.07) is 3.71. The molecule has 2 N–H and O–H groups in total. The molecule has 5 nitrogen and oxygen atoms in total. The highest BCUT2D eigenvalue weighted by molar-refractivity contribution is 5.93. The summed E-state index contributed by atoms with van der Waals surface area (Å²) >= 11 is 0. The van der Waals surface area contributed by atoms with Gasteiger partial charge in [0.2, 0.25) is 0 Å². The third-order valence-electron chi connectivity index (χ3n) is 3.94. The zero-order valence-electron chi connectivity index (χ0n) is 12.5. The number of rotatable bonds is 3. The molecule has 1 aromatic carbocycles. The van der Waals surface area contributed by atoms with Crippen LogP contribution in [-0.4, -0.2) is 50.7 Å². The number of hydrogen-bond donors (Lipinski definition) is 1. The number of likely N-dealkylation sites (N-methyl/N-ethyl adjacent to an activating group) is 1. The molecule has 0 radical (unpaired) electrons. The van der Waals surface area contributed by atoms with Crippen LogP contribution in [0.1, 0.15) is 22.8 Å². The minimum absolute atomic E-state index is 0.337. The average Bonchev–Trinajstić information content (AvgIpc) is 2.48. The van der Waals surface area contributed by atoms with Gasteiger partial charge in [-0.05, 0) is 31.2 Å². The molecule has 1 aliphatic heterocycles. The third kappa shape index (κ3) is 2.88. The lowest BCUT2D eigenvalue weighted by molar-refractivity contribution is 0.0600. The van der Waals surface area contributed by atoms with Crippen LogP contribution in [0.3, 0.4) is 0 Å². The smallest absolute Gasteiger partial charge is 0.338 e. The molecule has 1 heterocycles. The Kier molecular flexibility index (Phi) is 4.49. The third-order valence-corrected chi connectivity index (χ3v) is 3.94. The van der Waals surface area contributed by atoms with Gasteiger partial charge in [-0.3, -0.25) is 0 Å². The van der Waals surface area contributed by atoms with E-state index in [4.69, 9.17) is 10.5 Å². The Balaban J connectivity index is 2.21. The van der Waals surface area contributed by atoms with E-state index in [0.717, 1.165) is 44.0 Å². The molecule has 0 amide bonds. The largest absolute Gasteiger partial charge is 0.465 e. The number of piperazine rings is 1. The summed E-state index contributed by atoms with van der Waals surface area (Å²) < 4.78 is 4.77. The molecular weight excluding hydrogens is 254 g/mol. The van der Waals surface area contributed by atoms with E-state index < -0.39 is 0 Å². The number of esters is 1. The van der Waals surface area contributed by atoms with Gasteiger partial charge in [0.15, 0.2) is 0 Å². The van der Waals surface area contributed by atoms with Crippen LogP contribution >= 0.6 is 0 Å². The topological polar surface area (TPSA) is 58.8 Å². The maximum atomic E-state index is 11.7. The van der Waals surface area contributed by atoms with Gasteiger partial charge in [0.05, 0.1) is 24.0 Å². The Morgan fingerprint density at radius 3 is 2.50 bits per heavy atom. The van der Waals surface area contributed by atoms with Crippen LogP contribution in [0.25, 0.3) is 0 Å². The fraction of sp³-hybridized carbons (Fsp3) is 0.533. The minimum atomic E-state index is -0.337. The van der Waals surface area contributed by atoms with E-state index in [0.29, 0.717) is 11.3 Å². The molecule has 1 fully saturated rings. The van der Waals surface area contributed by atoms with Gasteiger partial charge in [-0.25, -0.2) is 4.79 Å². The van der Waals surface area contributed by atoms with Crippen LogP contribution in [-0.2, 0) is 4.74 Å². The van der Waals surface area contributed by atoms with Gasteiger partial charge in [-0.15, -0.1) is 0 Å². The highest BCUT2D eigenvalue weighted by Crippen LogP contribution is 2.28. The number of anilines is 2. The summed E-state index contributed by atoms with van der Waals surface area (Å²) in [4.78, 5) is 16.4. The van der Waals surface area contributed by atoms with Crippen molar-refractivity contribution in [1.29, 1.82) is 0 Å². The van der Waals surface area contributed by atoms with Gasteiger partial charge >= 0.3 is 5.97 Å². The number of aryl methyl sites for hydroxylation is 1. The summed E-state index contributed by atoms with van der Waals surface area (Å²) in [5.74, 6) is -0.337. The van der Waals surface area contributed by atoms with Gasteiger partial charge in [-0.1, -0.05) is 6.92 Å². The molecule has 1 saturated heterocycles. The van der Waals surface area contributed by atoms with E-state index in [1.807, 2.05) is 13.0 Å². The molecule has 5 heteroatoms. The zero-order valence-corrected chi connectivity index (χ0v) is 12.5. The molecule has 110 valence electrons. The van der Waals surface area contributed by atoms with Crippen molar-refractivity contribution in [2.45, 2.75) is 13.8 Å². The Bertz CT molecular complexity index is 494. The number of benzene rings is 1. The van der Waals surface area contributed by atoms with Gasteiger partial charge in [-0.2, -0.15) is 0 Å². The standard InChI is InChI=1S/C15H23N3O2/c1-4-17-5-7-18(8-6-17)14-9-11(2)12(10-13(14)16)15(19)20-3/h9-10H,4-8,16H2,1-3H3. The predicted molar refractivity (Wildman–Crippen MR) is 81.3 cm³/mol. The molecule has 0 aromatic heterocycles. The second-order valence-electron chi connectivity index (χ2n) is 5.14. The molecule has 0 unspecified atom stereocenters. The molecule has 0 atom stereocenters. The van der Waals surface area contributed by atoms with Gasteiger partial charge in [0, 0.05) is 26.2 Å². The lowest BCUT2D eigenvalue weighted by atomic mass is 10.1. The zero-order chi connectivity index (χ0) is 14.7. The second kappa shape index (κ2) is 6.13. The van der Waals surface area contributed by atoms with E-state index in [1.165, 1.54) is 7.11 Å². The van der Waals surface area contributed by atoms with Crippen molar-refractivity contribution < 1.29 is 9.53 Å². The number of nitrogens with zero attached hydrogens (tertiary/aromatic N) is 2. The van der Waals surface area contributed by atoms with E-state index in [-0.39, 0.29) is 5.97 Å². The van der Waals surface area contributed by atoms with E-state index in [9.17, 15) is 4.79 Å². The first-order valence-electron chi connectivity index (χ1n) is 7.02. The summed E-state index contributed by atoms with van der Waals surface area (Å²) in [5.41, 5.74) is 9.22. The number of methoxy groups -OCH3 is 1. The van der Waals surface area contributed by atoms with Gasteiger partial charge < -0.3 is 20.3 Å². The fourth-order valence-corrected chi connectivity index (χ4v) is 2.62. The molecule has 1 aromatic rings. The minimum Gasteiger partial charge on any atom is -0.465 e. The van der Waals surface area contributed by atoms with Crippen LogP contribution < -0.4 is 10.6 Å². The van der Waals surface area contributed by atoms with Crippen molar-refractivity contribution in [3.05, 3.63) is 23.3 Å². The lowest BCUT2D eigenvalue weighted by Crippen LogP contribution is -2.46. The maximum Gasteiger partial charge on any atom is 0.338 e. The summed E-state index contributed by atoms with van der Waals surface area (Å²) in [6.07, 6.45) is 0. The van der Waals surface area contributed by atoms with Crippen LogP contribution in [0.2, 0.25) is 0 Å². The molecular formula is C15H23N3O2. The monoisotopic (exact) mass is 277 g/mol. The highest BCUT2D eigenvalue weighted by atomic mass is 16.5. The molecule has 0 aliphatic carbocycles. The maximum absolute atomic E-state index is 11.7. The number of nitrogen functional groups attached to an aromatic ring is 1. The Morgan fingerprint density at radius 1 is 1.30 bits per heavy atom. The summed E-state index contributed by atoms with van der Waals surface area (Å²) in [5, 5.41) is 0. The van der Waals surface area contributed by atoms with Gasteiger partial charge in [0.1, 0.15) is 0 Å². The predicted octanol–water partition coefficient (Wildman–Crippen LogP) is 1.51. The number of nitrogens with two attached hydrogens (primary N) is 1. The van der Waals surface area contributed by atoms with Crippen LogP contribution in [0.4, 0.5) is 11.4 Å². The summed E-state index contributed by atoms with van der Waals surface area (Å²) in [7, 11) is 1.38. The van der Waals surface area contributed by atoms with Crippen molar-refractivity contribution in [2.75, 3.05) is 50.5 Å². The molecule has 2 rings (SSSR count). The van der Waals surface area contributed by atoms with Crippen LogP contribution in [0.5, 0.6) is 0 Å². The number of ether oxygens (including phenoxy) is 1. The van der Waals surface area contributed by atoms with Crippen molar-refractivity contribution >= 4 is 17.3 Å². The number of carbonyl (C=O) groups excluding carboxylic acids is 1. The average molecular weight is 277 g/mol. The van der Waals surface area contributed by atoms with Crippen LogP contribution in [0.15, 0.2) is 12.1 Å². The molecule has 0 saturated carbocycles. The Hall–Kier alpha value is -1.75. The first kappa shape index (κ1) is 14.7. The molecule has 20 heavy (non-hydrogen) atoms. The van der Waals surface area contributed by atoms with E-state index in [1.54, 1.807) is 6.07 Å². The van der Waals surface area contributed by atoms with Crippen molar-refractivity contribution in [3.8, 4) is 0 Å². The van der Waals surface area contributed by atoms with E-state index in [2.05, 4.69) is 16.7 Å². The van der Waals surface area contributed by atoms with Crippen molar-refractivity contribution in [1.82, 2.24) is 4.90 Å². The van der Waals surface area contributed by atoms with Crippen LogP contribution in [0, 0.1) is 6.92 Å². The first-order valence-corrected chi connectivity index (χ1v) is 7.02. The Labute approximate surface area is 120 Å². The highest BCUT2D eigenvalue weighted by Gasteiger charge is 2.20. The van der Waals surface area contributed by atoms with E-state index >= 15 is 0 Å².